The van der Waals surface area contributed by atoms with Gasteiger partial charge >= 0.3 is 0 Å². The quantitative estimate of drug-likeness (QED) is 0.680. The minimum atomic E-state index is -0.775. The van der Waals surface area contributed by atoms with E-state index in [0.29, 0.717) is 0 Å². The van der Waals surface area contributed by atoms with Gasteiger partial charge in [-0.15, -0.1) is 0 Å². The SMILES string of the molecule is C[C@@H](NC(=O)c1ccc(F)nc1)C(N)=O. The number of carbonyl (C=O) groups excluding carboxylic acids is 2. The Morgan fingerprint density at radius 3 is 2.67 bits per heavy atom. The molecule has 0 aliphatic carbocycles. The summed E-state index contributed by atoms with van der Waals surface area (Å²) in [6.07, 6.45) is 1.08. The molecule has 0 aromatic carbocycles. The van der Waals surface area contributed by atoms with Crippen molar-refractivity contribution in [2.45, 2.75) is 13.0 Å². The highest BCUT2D eigenvalue weighted by molar-refractivity contribution is 5.96. The summed E-state index contributed by atoms with van der Waals surface area (Å²) in [5.74, 6) is -1.83. The molecule has 80 valence electrons. The van der Waals surface area contributed by atoms with E-state index in [0.717, 1.165) is 12.3 Å². The van der Waals surface area contributed by atoms with Crippen molar-refractivity contribution < 1.29 is 14.0 Å². The van der Waals surface area contributed by atoms with E-state index in [1.54, 1.807) is 0 Å². The van der Waals surface area contributed by atoms with E-state index in [4.69, 9.17) is 5.73 Å². The van der Waals surface area contributed by atoms with Crippen molar-refractivity contribution in [1.82, 2.24) is 10.3 Å². The molecular weight excluding hydrogens is 201 g/mol. The van der Waals surface area contributed by atoms with E-state index in [-0.39, 0.29) is 5.56 Å². The highest BCUT2D eigenvalue weighted by Crippen LogP contribution is 1.99. The molecular formula is C9H10FN3O2. The highest BCUT2D eigenvalue weighted by Gasteiger charge is 2.13. The lowest BCUT2D eigenvalue weighted by atomic mass is 10.2. The van der Waals surface area contributed by atoms with Crippen LogP contribution in [0.4, 0.5) is 4.39 Å². The van der Waals surface area contributed by atoms with Crippen LogP contribution in [-0.2, 0) is 4.79 Å². The lowest BCUT2D eigenvalue weighted by molar-refractivity contribution is -0.119. The molecule has 0 aliphatic rings. The van der Waals surface area contributed by atoms with Crippen LogP contribution < -0.4 is 11.1 Å². The van der Waals surface area contributed by atoms with Crippen molar-refractivity contribution in [3.05, 3.63) is 29.8 Å². The normalized spacial score (nSPS) is 11.9. The van der Waals surface area contributed by atoms with Gasteiger partial charge in [-0.25, -0.2) is 4.98 Å². The fraction of sp³-hybridized carbons (Fsp3) is 0.222. The maximum Gasteiger partial charge on any atom is 0.253 e. The van der Waals surface area contributed by atoms with Gasteiger partial charge in [-0.1, -0.05) is 0 Å². The number of halogens is 1. The Kier molecular flexibility index (Phi) is 3.33. The van der Waals surface area contributed by atoms with Gasteiger partial charge in [-0.05, 0) is 19.1 Å². The molecule has 1 atom stereocenters. The molecule has 0 radical (unpaired) electrons. The number of carbonyl (C=O) groups is 2. The first-order chi connectivity index (χ1) is 7.00. The molecule has 0 spiro atoms. The van der Waals surface area contributed by atoms with E-state index in [9.17, 15) is 14.0 Å². The molecule has 0 fully saturated rings. The van der Waals surface area contributed by atoms with Crippen LogP contribution in [0.15, 0.2) is 18.3 Å². The van der Waals surface area contributed by atoms with Crippen LogP contribution in [-0.4, -0.2) is 22.8 Å². The first-order valence-electron chi connectivity index (χ1n) is 4.22. The summed E-state index contributed by atoms with van der Waals surface area (Å²) in [7, 11) is 0. The number of nitrogens with zero attached hydrogens (tertiary/aromatic N) is 1. The third kappa shape index (κ3) is 3.01. The zero-order valence-electron chi connectivity index (χ0n) is 8.03. The standard InChI is InChI=1S/C9H10FN3O2/c1-5(8(11)14)13-9(15)6-2-3-7(10)12-4-6/h2-5H,1H3,(H2,11,14)(H,13,15)/t5-/m1/s1. The molecule has 0 bridgehead atoms. The maximum absolute atomic E-state index is 12.4. The molecule has 0 aliphatic heterocycles. The van der Waals surface area contributed by atoms with Crippen LogP contribution in [0, 0.1) is 5.95 Å². The summed E-state index contributed by atoms with van der Waals surface area (Å²) in [5, 5.41) is 2.34. The predicted octanol–water partition coefficient (Wildman–Crippen LogP) is -0.176. The van der Waals surface area contributed by atoms with Gasteiger partial charge in [-0.2, -0.15) is 4.39 Å². The number of rotatable bonds is 3. The number of primary amides is 1. The summed E-state index contributed by atoms with van der Waals surface area (Å²) in [5.41, 5.74) is 5.13. The number of pyridine rings is 1. The van der Waals surface area contributed by atoms with Crippen molar-refractivity contribution in [2.75, 3.05) is 0 Å². The van der Waals surface area contributed by atoms with Crippen LogP contribution in [0.1, 0.15) is 17.3 Å². The summed E-state index contributed by atoms with van der Waals surface area (Å²) in [4.78, 5) is 25.4. The Morgan fingerprint density at radius 1 is 1.53 bits per heavy atom. The van der Waals surface area contributed by atoms with E-state index < -0.39 is 23.8 Å². The Morgan fingerprint density at radius 2 is 2.20 bits per heavy atom. The van der Waals surface area contributed by atoms with Crippen LogP contribution in [0.3, 0.4) is 0 Å². The third-order valence-corrected chi connectivity index (χ3v) is 1.76. The second kappa shape index (κ2) is 4.50. The summed E-state index contributed by atoms with van der Waals surface area (Å²) >= 11 is 0. The molecule has 6 heteroatoms. The predicted molar refractivity (Wildman–Crippen MR) is 50.3 cm³/mol. The highest BCUT2D eigenvalue weighted by atomic mass is 19.1. The molecule has 1 heterocycles. The first kappa shape index (κ1) is 11.1. The number of nitrogens with one attached hydrogen (secondary N) is 1. The van der Waals surface area contributed by atoms with E-state index in [1.165, 1.54) is 13.0 Å². The average Bonchev–Trinajstić information content (AvgIpc) is 2.18. The Hall–Kier alpha value is -1.98. The van der Waals surface area contributed by atoms with Gasteiger partial charge in [0.05, 0.1) is 5.56 Å². The average molecular weight is 211 g/mol. The van der Waals surface area contributed by atoms with Crippen LogP contribution in [0.25, 0.3) is 0 Å². The maximum atomic E-state index is 12.4. The Labute approximate surface area is 85.5 Å². The lowest BCUT2D eigenvalue weighted by Crippen LogP contribution is -2.42. The van der Waals surface area contributed by atoms with Crippen LogP contribution in [0.2, 0.25) is 0 Å². The Bertz CT molecular complexity index is 377. The van der Waals surface area contributed by atoms with Crippen LogP contribution in [0.5, 0.6) is 0 Å². The molecule has 3 N–H and O–H groups in total. The zero-order valence-corrected chi connectivity index (χ0v) is 8.03. The summed E-state index contributed by atoms with van der Waals surface area (Å²) in [6.45, 7) is 1.46. The molecule has 5 nitrogen and oxygen atoms in total. The fourth-order valence-corrected chi connectivity index (χ4v) is 0.861. The second-order valence-corrected chi connectivity index (χ2v) is 2.97. The largest absolute Gasteiger partial charge is 0.368 e. The van der Waals surface area contributed by atoms with Crippen molar-refractivity contribution in [2.24, 2.45) is 5.73 Å². The smallest absolute Gasteiger partial charge is 0.253 e. The minimum Gasteiger partial charge on any atom is -0.368 e. The molecule has 1 aromatic heterocycles. The fourth-order valence-electron chi connectivity index (χ4n) is 0.861. The number of hydrogen-bond acceptors (Lipinski definition) is 3. The summed E-state index contributed by atoms with van der Waals surface area (Å²) < 4.78 is 12.4. The van der Waals surface area contributed by atoms with Gasteiger partial charge in [0, 0.05) is 6.20 Å². The van der Waals surface area contributed by atoms with Crippen molar-refractivity contribution in [1.29, 1.82) is 0 Å². The van der Waals surface area contributed by atoms with Gasteiger partial charge in [0.25, 0.3) is 5.91 Å². The number of hydrogen-bond donors (Lipinski definition) is 2. The lowest BCUT2D eigenvalue weighted by Gasteiger charge is -2.09. The molecule has 1 aromatic rings. The molecule has 2 amide bonds. The van der Waals surface area contributed by atoms with Gasteiger partial charge in [-0.3, -0.25) is 9.59 Å². The van der Waals surface area contributed by atoms with E-state index in [1.807, 2.05) is 0 Å². The number of nitrogens with two attached hydrogens (primary N) is 1. The van der Waals surface area contributed by atoms with Crippen molar-refractivity contribution >= 4 is 11.8 Å². The summed E-state index contributed by atoms with van der Waals surface area (Å²) in [6, 6.07) is 1.55. The minimum absolute atomic E-state index is 0.171. The third-order valence-electron chi connectivity index (χ3n) is 1.76. The molecule has 0 saturated heterocycles. The zero-order chi connectivity index (χ0) is 11.4. The topological polar surface area (TPSA) is 85.1 Å². The Balaban J connectivity index is 2.69. The van der Waals surface area contributed by atoms with Crippen molar-refractivity contribution in [3.63, 3.8) is 0 Å². The van der Waals surface area contributed by atoms with Gasteiger partial charge in [0.1, 0.15) is 6.04 Å². The van der Waals surface area contributed by atoms with E-state index in [2.05, 4.69) is 10.3 Å². The molecule has 0 saturated carbocycles. The van der Waals surface area contributed by atoms with Crippen LogP contribution >= 0.6 is 0 Å². The van der Waals surface area contributed by atoms with Gasteiger partial charge in [0.2, 0.25) is 11.9 Å². The molecule has 0 unspecified atom stereocenters. The number of amides is 2. The molecule has 1 rings (SSSR count). The second-order valence-electron chi connectivity index (χ2n) is 2.97. The van der Waals surface area contributed by atoms with Gasteiger partial charge in [0.15, 0.2) is 0 Å². The monoisotopic (exact) mass is 211 g/mol. The molecule has 15 heavy (non-hydrogen) atoms. The van der Waals surface area contributed by atoms with Crippen molar-refractivity contribution in [3.8, 4) is 0 Å². The van der Waals surface area contributed by atoms with E-state index >= 15 is 0 Å². The first-order valence-corrected chi connectivity index (χ1v) is 4.22. The number of aromatic nitrogens is 1. The van der Waals surface area contributed by atoms with Gasteiger partial charge < -0.3 is 11.1 Å².